The third-order valence-corrected chi connectivity index (χ3v) is 7.72. The van der Waals surface area contributed by atoms with E-state index in [0.717, 1.165) is 31.6 Å². The fraction of sp³-hybridized carbons (Fsp3) is 0.433. The standard InChI is InChI=1S/C30H34F3N5O4/c1-17-26(18(2)39)28(22-15-24(31)27(33)25(32)16-22)38(30(42)35-17)29(41)34-10-5-11-37-12-8-20(9-13-37)21-6-4-7-23(14-21)36-19(3)40/h4,6-7,14-16,20,26,28H,5,8-13H2,1-3H3,(H,34,41)(H,36,40). The first-order chi connectivity index (χ1) is 20.0. The van der Waals surface area contributed by atoms with E-state index in [4.69, 9.17) is 0 Å². The number of piperidine rings is 1. The van der Waals surface area contributed by atoms with E-state index in [0.29, 0.717) is 35.9 Å². The molecule has 2 unspecified atom stereocenters. The Balaban J connectivity index is 1.35. The van der Waals surface area contributed by atoms with Crippen molar-refractivity contribution in [3.8, 4) is 0 Å². The lowest BCUT2D eigenvalue weighted by atomic mass is 9.84. The number of likely N-dealkylation sites (tertiary alicyclic amines) is 1. The molecule has 0 saturated carbocycles. The van der Waals surface area contributed by atoms with Crippen LogP contribution in [0.1, 0.15) is 63.1 Å². The number of carbonyl (C=O) groups excluding carboxylic acids is 4. The summed E-state index contributed by atoms with van der Waals surface area (Å²) in [6, 6.07) is 5.99. The maximum Gasteiger partial charge on any atom is 0.352 e. The third-order valence-electron chi connectivity index (χ3n) is 7.72. The number of halogens is 3. The van der Waals surface area contributed by atoms with Crippen LogP contribution in [0, 0.1) is 23.4 Å². The molecule has 2 aliphatic rings. The van der Waals surface area contributed by atoms with Crippen LogP contribution in [-0.4, -0.2) is 65.4 Å². The molecule has 0 spiro atoms. The summed E-state index contributed by atoms with van der Waals surface area (Å²) in [5.41, 5.74) is 1.82. The molecule has 0 bridgehead atoms. The zero-order valence-corrected chi connectivity index (χ0v) is 23.8. The topological polar surface area (TPSA) is 111 Å². The quantitative estimate of drug-likeness (QED) is 0.328. The van der Waals surface area contributed by atoms with Crippen LogP contribution in [0.2, 0.25) is 0 Å². The lowest BCUT2D eigenvalue weighted by Crippen LogP contribution is -2.52. The smallest absolute Gasteiger partial charge is 0.338 e. The fourth-order valence-electron chi connectivity index (χ4n) is 5.73. The molecule has 1 saturated heterocycles. The van der Waals surface area contributed by atoms with Crippen molar-refractivity contribution in [2.75, 3.05) is 31.5 Å². The molecule has 224 valence electrons. The Labute approximate surface area is 242 Å². The fourth-order valence-corrected chi connectivity index (χ4v) is 5.73. The Morgan fingerprint density at radius 2 is 1.67 bits per heavy atom. The Morgan fingerprint density at radius 1 is 1.00 bits per heavy atom. The zero-order valence-electron chi connectivity index (χ0n) is 23.8. The van der Waals surface area contributed by atoms with Gasteiger partial charge in [0.15, 0.2) is 17.5 Å². The van der Waals surface area contributed by atoms with Crippen LogP contribution >= 0.6 is 0 Å². The van der Waals surface area contributed by atoms with Crippen molar-refractivity contribution in [3.05, 3.63) is 65.0 Å². The number of aliphatic imine (C=N–C) groups is 1. The van der Waals surface area contributed by atoms with Gasteiger partial charge >= 0.3 is 12.1 Å². The molecule has 9 nitrogen and oxygen atoms in total. The summed E-state index contributed by atoms with van der Waals surface area (Å²) in [6.45, 7) is 6.72. The molecule has 0 aliphatic carbocycles. The van der Waals surface area contributed by atoms with E-state index in [1.807, 2.05) is 18.2 Å². The second-order valence-electron chi connectivity index (χ2n) is 10.7. The van der Waals surface area contributed by atoms with Gasteiger partial charge in [-0.1, -0.05) is 12.1 Å². The Kier molecular flexibility index (Phi) is 9.77. The van der Waals surface area contributed by atoms with Crippen LogP contribution in [0.15, 0.2) is 41.4 Å². The van der Waals surface area contributed by atoms with E-state index >= 15 is 0 Å². The number of hydrogen-bond acceptors (Lipinski definition) is 5. The minimum atomic E-state index is -1.69. The number of rotatable bonds is 8. The number of Topliss-reactive ketones (excluding diaryl/α,β-unsaturated/α-hetero) is 1. The van der Waals surface area contributed by atoms with E-state index in [-0.39, 0.29) is 23.7 Å². The number of hydrogen-bond donors (Lipinski definition) is 2. The largest absolute Gasteiger partial charge is 0.352 e. The van der Waals surface area contributed by atoms with E-state index in [9.17, 15) is 32.3 Å². The summed E-state index contributed by atoms with van der Waals surface area (Å²) in [6.07, 6.45) is 2.45. The van der Waals surface area contributed by atoms with Crippen LogP contribution in [0.3, 0.4) is 0 Å². The van der Waals surface area contributed by atoms with Crippen molar-refractivity contribution in [3.63, 3.8) is 0 Å². The molecular formula is C30H34F3N5O4. The summed E-state index contributed by atoms with van der Waals surface area (Å²) >= 11 is 0. The molecule has 2 aromatic carbocycles. The average Bonchev–Trinajstić information content (AvgIpc) is 2.93. The minimum absolute atomic E-state index is 0.0944. The SMILES string of the molecule is CC(=O)Nc1cccc(C2CCN(CCCNC(=O)N3C(=O)N=C(C)C(C(C)=O)C3c3cc(F)c(F)c(F)c3)CC2)c1. The molecule has 2 atom stereocenters. The van der Waals surface area contributed by atoms with Gasteiger partial charge in [-0.15, -0.1) is 0 Å². The maximum absolute atomic E-state index is 14.1. The van der Waals surface area contributed by atoms with E-state index in [2.05, 4.69) is 26.6 Å². The van der Waals surface area contributed by atoms with Crippen molar-refractivity contribution in [2.45, 2.75) is 52.0 Å². The molecule has 4 rings (SSSR count). The average molecular weight is 586 g/mol. The van der Waals surface area contributed by atoms with Gasteiger partial charge in [-0.25, -0.2) is 32.7 Å². The highest BCUT2D eigenvalue weighted by Crippen LogP contribution is 2.36. The molecule has 2 aromatic rings. The van der Waals surface area contributed by atoms with Gasteiger partial charge in [-0.05, 0) is 94.1 Å². The molecular weight excluding hydrogens is 551 g/mol. The first kappa shape index (κ1) is 30.9. The van der Waals surface area contributed by atoms with Gasteiger partial charge < -0.3 is 15.5 Å². The first-order valence-electron chi connectivity index (χ1n) is 13.9. The normalized spacial score (nSPS) is 19.8. The third kappa shape index (κ3) is 7.04. The van der Waals surface area contributed by atoms with Crippen LogP contribution in [0.4, 0.5) is 28.4 Å². The number of imide groups is 1. The molecule has 1 fully saturated rings. The summed E-state index contributed by atoms with van der Waals surface area (Å²) in [7, 11) is 0. The number of amides is 5. The Hall–Kier alpha value is -4.06. The van der Waals surface area contributed by atoms with Crippen molar-refractivity contribution >= 4 is 35.2 Å². The molecule has 5 amide bonds. The molecule has 0 radical (unpaired) electrons. The van der Waals surface area contributed by atoms with Crippen LogP contribution < -0.4 is 10.6 Å². The number of benzene rings is 2. The number of nitrogens with one attached hydrogen (secondary N) is 2. The van der Waals surface area contributed by atoms with Crippen molar-refractivity contribution in [2.24, 2.45) is 10.9 Å². The van der Waals surface area contributed by atoms with Gasteiger partial charge in [0, 0.05) is 24.9 Å². The molecule has 42 heavy (non-hydrogen) atoms. The van der Waals surface area contributed by atoms with Crippen LogP contribution in [0.5, 0.6) is 0 Å². The van der Waals surface area contributed by atoms with Crippen molar-refractivity contribution in [1.82, 2.24) is 15.1 Å². The highest BCUT2D eigenvalue weighted by atomic mass is 19.2. The highest BCUT2D eigenvalue weighted by Gasteiger charge is 2.44. The number of ketones is 1. The van der Waals surface area contributed by atoms with Gasteiger partial charge in [0.2, 0.25) is 5.91 Å². The second-order valence-corrected chi connectivity index (χ2v) is 10.7. The van der Waals surface area contributed by atoms with Crippen LogP contribution in [-0.2, 0) is 9.59 Å². The van der Waals surface area contributed by atoms with Crippen molar-refractivity contribution < 1.29 is 32.3 Å². The van der Waals surface area contributed by atoms with E-state index in [1.165, 1.54) is 26.3 Å². The summed E-state index contributed by atoms with van der Waals surface area (Å²) in [5, 5.41) is 5.47. The van der Waals surface area contributed by atoms with Gasteiger partial charge in [-0.3, -0.25) is 9.59 Å². The number of carbonyl (C=O) groups is 4. The predicted octanol–water partition coefficient (Wildman–Crippen LogP) is 5.18. The maximum atomic E-state index is 14.1. The lowest BCUT2D eigenvalue weighted by Gasteiger charge is -2.37. The van der Waals surface area contributed by atoms with Gasteiger partial charge in [0.05, 0.1) is 12.0 Å². The molecule has 2 heterocycles. The summed E-state index contributed by atoms with van der Waals surface area (Å²) in [5.74, 6) is -6.04. The Bertz CT molecular complexity index is 1380. The minimum Gasteiger partial charge on any atom is -0.338 e. The lowest BCUT2D eigenvalue weighted by molar-refractivity contribution is -0.120. The predicted molar refractivity (Wildman–Crippen MR) is 151 cm³/mol. The second kappa shape index (κ2) is 13.3. The highest BCUT2D eigenvalue weighted by molar-refractivity contribution is 6.12. The number of anilines is 1. The van der Waals surface area contributed by atoms with Gasteiger partial charge in [0.25, 0.3) is 0 Å². The molecule has 0 aromatic heterocycles. The monoisotopic (exact) mass is 585 g/mol. The zero-order chi connectivity index (χ0) is 30.6. The molecule has 2 N–H and O–H groups in total. The van der Waals surface area contributed by atoms with Gasteiger partial charge in [-0.2, -0.15) is 0 Å². The molecule has 2 aliphatic heterocycles. The van der Waals surface area contributed by atoms with Gasteiger partial charge in [0.1, 0.15) is 5.78 Å². The number of urea groups is 2. The summed E-state index contributed by atoms with van der Waals surface area (Å²) < 4.78 is 41.9. The van der Waals surface area contributed by atoms with E-state index < -0.39 is 47.3 Å². The van der Waals surface area contributed by atoms with E-state index in [1.54, 1.807) is 0 Å². The number of nitrogens with zero attached hydrogens (tertiary/aromatic N) is 3. The first-order valence-corrected chi connectivity index (χ1v) is 13.9. The Morgan fingerprint density at radius 3 is 2.29 bits per heavy atom. The van der Waals surface area contributed by atoms with Crippen molar-refractivity contribution in [1.29, 1.82) is 0 Å². The summed E-state index contributed by atoms with van der Waals surface area (Å²) in [4.78, 5) is 56.6. The van der Waals surface area contributed by atoms with Crippen LogP contribution in [0.25, 0.3) is 0 Å². The molecule has 12 heteroatoms.